The van der Waals surface area contributed by atoms with Gasteiger partial charge in [0.15, 0.2) is 0 Å². The fourth-order valence-electron chi connectivity index (χ4n) is 12.6. The maximum atomic E-state index is 2.50. The van der Waals surface area contributed by atoms with Crippen molar-refractivity contribution in [3.63, 3.8) is 0 Å². The molecule has 322 valence electrons. The van der Waals surface area contributed by atoms with Gasteiger partial charge in [-0.2, -0.15) is 0 Å². The summed E-state index contributed by atoms with van der Waals surface area (Å²) in [7, 11) is 0. The molecule has 2 unspecified atom stereocenters. The highest BCUT2D eigenvalue weighted by atomic mass is 14.4. The van der Waals surface area contributed by atoms with Crippen molar-refractivity contribution in [1.29, 1.82) is 0 Å². The summed E-state index contributed by atoms with van der Waals surface area (Å²) in [6.07, 6.45) is 14.5. The third-order valence-corrected chi connectivity index (χ3v) is 16.3. The lowest BCUT2D eigenvalue weighted by Gasteiger charge is -2.26. The van der Waals surface area contributed by atoms with E-state index >= 15 is 0 Å². The Morgan fingerprint density at radius 1 is 0.309 bits per heavy atom. The van der Waals surface area contributed by atoms with Crippen LogP contribution in [0.4, 0.5) is 0 Å². The Morgan fingerprint density at radius 2 is 0.779 bits per heavy atom. The zero-order chi connectivity index (χ0) is 45.5. The van der Waals surface area contributed by atoms with E-state index in [1.54, 1.807) is 0 Å². The van der Waals surface area contributed by atoms with Gasteiger partial charge >= 0.3 is 0 Å². The second-order valence-electron chi connectivity index (χ2n) is 20.8. The van der Waals surface area contributed by atoms with Crippen LogP contribution in [-0.4, -0.2) is 0 Å². The first-order valence-corrected chi connectivity index (χ1v) is 24.4. The van der Waals surface area contributed by atoms with Gasteiger partial charge in [0.2, 0.25) is 0 Å². The van der Waals surface area contributed by atoms with E-state index in [0.29, 0.717) is 5.92 Å². The Bertz CT molecular complexity index is 3970. The lowest BCUT2D eigenvalue weighted by atomic mass is 9.78. The Morgan fingerprint density at radius 3 is 1.47 bits per heavy atom. The lowest BCUT2D eigenvalue weighted by molar-refractivity contribution is 0.659. The Kier molecular flexibility index (Phi) is 8.31. The summed E-state index contributed by atoms with van der Waals surface area (Å²) in [5.74, 6) is 0.634. The number of hydrogen-bond donors (Lipinski definition) is 0. The van der Waals surface area contributed by atoms with Crippen LogP contribution in [-0.2, 0) is 10.8 Å². The summed E-state index contributed by atoms with van der Waals surface area (Å²) in [5, 5.41) is 10.4. The van der Waals surface area contributed by atoms with E-state index in [-0.39, 0.29) is 16.7 Å². The summed E-state index contributed by atoms with van der Waals surface area (Å²) in [5.41, 5.74) is 21.2. The normalized spacial score (nSPS) is 18.0. The van der Waals surface area contributed by atoms with Gasteiger partial charge in [-0.15, -0.1) is 0 Å². The van der Waals surface area contributed by atoms with Crippen molar-refractivity contribution in [2.45, 2.75) is 38.5 Å². The minimum atomic E-state index is -0.127. The van der Waals surface area contributed by atoms with Gasteiger partial charge < -0.3 is 0 Å². The number of rotatable bonds is 4. The molecule has 0 spiro atoms. The second kappa shape index (κ2) is 14.4. The summed E-state index contributed by atoms with van der Waals surface area (Å²) < 4.78 is 0. The van der Waals surface area contributed by atoms with Gasteiger partial charge in [-0.25, -0.2) is 0 Å². The molecule has 0 saturated carbocycles. The largest absolute Gasteiger partial charge is 0.0761 e. The highest BCUT2D eigenvalue weighted by Gasteiger charge is 2.37. The van der Waals surface area contributed by atoms with E-state index in [1.165, 1.54) is 132 Å². The topological polar surface area (TPSA) is 0 Å². The van der Waals surface area contributed by atoms with E-state index in [2.05, 4.69) is 246 Å². The molecule has 0 aliphatic heterocycles. The van der Waals surface area contributed by atoms with Gasteiger partial charge in [-0.1, -0.05) is 210 Å². The van der Waals surface area contributed by atoms with Crippen molar-refractivity contribution in [1.82, 2.24) is 0 Å². The first-order valence-electron chi connectivity index (χ1n) is 24.4. The summed E-state index contributed by atoms with van der Waals surface area (Å²) in [6, 6.07) is 69.0. The first-order chi connectivity index (χ1) is 33.2. The zero-order valence-electron chi connectivity index (χ0n) is 38.9. The van der Waals surface area contributed by atoms with Gasteiger partial charge in [0.05, 0.1) is 0 Å². The van der Waals surface area contributed by atoms with Crippen molar-refractivity contribution in [2.24, 2.45) is 11.8 Å². The molecule has 0 nitrogen and oxygen atoms in total. The fourth-order valence-corrected chi connectivity index (χ4v) is 12.6. The minimum absolute atomic E-state index is 0.0208. The molecule has 0 heterocycles. The molecule has 68 heavy (non-hydrogen) atoms. The standard InChI is InChI=1S/C68H50/c1-67(2)62-16-10-9-14-56(62)57-30-28-49(39-63(57)67)50-29-32-59-58-31-27-48(38-64(58)68(3,4)65(59)40-50)46-24-23-43-33-45(22-21-44(43)34-46)47-20-17-41-18-25-51(36-53(41)35-47)61-37-52-26-19-42-11-5-6-12-54(42)66(52)60-15-8-7-13-55(60)61/h5-41,53H,1-4H3. The molecule has 0 N–H and O–H groups in total. The Balaban J connectivity index is 0.749. The maximum Gasteiger partial charge on any atom is 0.0159 e. The highest BCUT2D eigenvalue weighted by Crippen LogP contribution is 2.53. The van der Waals surface area contributed by atoms with E-state index in [0.717, 1.165) is 0 Å². The van der Waals surface area contributed by atoms with Gasteiger partial charge in [-0.05, 0) is 169 Å². The Hall–Kier alpha value is -7.80. The van der Waals surface area contributed by atoms with Gasteiger partial charge in [-0.3, -0.25) is 0 Å². The monoisotopic (exact) mass is 866 g/mol. The average molecular weight is 867 g/mol. The molecule has 0 saturated heterocycles. The number of benzene rings is 10. The fraction of sp³-hybridized carbons (Fsp3) is 0.118. The van der Waals surface area contributed by atoms with Crippen LogP contribution in [0.25, 0.3) is 98.7 Å². The van der Waals surface area contributed by atoms with Crippen LogP contribution in [0, 0.1) is 11.8 Å². The van der Waals surface area contributed by atoms with Gasteiger partial charge in [0.1, 0.15) is 0 Å². The number of hydrogen-bond acceptors (Lipinski definition) is 0. The van der Waals surface area contributed by atoms with Crippen molar-refractivity contribution >= 4 is 54.2 Å². The first kappa shape index (κ1) is 39.4. The smallest absolute Gasteiger partial charge is 0.0159 e. The van der Waals surface area contributed by atoms with Crippen LogP contribution in [0.1, 0.15) is 61.1 Å². The van der Waals surface area contributed by atoms with E-state index in [4.69, 9.17) is 0 Å². The van der Waals surface area contributed by atoms with Crippen LogP contribution in [0.15, 0.2) is 218 Å². The molecule has 0 aromatic heterocycles. The Labute approximate surface area is 399 Å². The van der Waals surface area contributed by atoms with Crippen molar-refractivity contribution in [2.75, 3.05) is 0 Å². The quantitative estimate of drug-likeness (QED) is 0.155. The minimum Gasteiger partial charge on any atom is -0.0761 e. The van der Waals surface area contributed by atoms with Crippen LogP contribution in [0.3, 0.4) is 0 Å². The molecular formula is C68H50. The zero-order valence-corrected chi connectivity index (χ0v) is 38.9. The predicted octanol–water partition coefficient (Wildman–Crippen LogP) is 18.1. The molecule has 10 aromatic rings. The van der Waals surface area contributed by atoms with Crippen LogP contribution in [0.5, 0.6) is 0 Å². The average Bonchev–Trinajstić information content (AvgIpc) is 3.75. The molecule has 0 heteroatoms. The lowest BCUT2D eigenvalue weighted by Crippen LogP contribution is -2.15. The highest BCUT2D eigenvalue weighted by molar-refractivity contribution is 6.22. The molecule has 0 fully saturated rings. The van der Waals surface area contributed by atoms with Gasteiger partial charge in [0, 0.05) is 22.7 Å². The van der Waals surface area contributed by atoms with Crippen LogP contribution >= 0.6 is 0 Å². The SMILES string of the molecule is CC1(C)c2ccccc2-c2ccc(-c3ccc4c(c3)C(C)(C)c3cc(-c5ccc6cc(C7=CC8C=C(c9cc%10ccc%11ccccc%11c%10c%10ccccc9%10)C=CC8C=C7)ccc6c5)ccc3-4)cc21. The van der Waals surface area contributed by atoms with Gasteiger partial charge in [0.25, 0.3) is 0 Å². The summed E-state index contributed by atoms with van der Waals surface area (Å²) in [6.45, 7) is 9.54. The third kappa shape index (κ3) is 5.80. The van der Waals surface area contributed by atoms with Crippen molar-refractivity contribution in [3.8, 4) is 44.5 Å². The van der Waals surface area contributed by atoms with E-state index in [1.807, 2.05) is 0 Å². The molecule has 0 amide bonds. The number of fused-ring (bicyclic) bond motifs is 13. The van der Waals surface area contributed by atoms with Crippen LogP contribution in [0.2, 0.25) is 0 Å². The molecule has 2 atom stereocenters. The second-order valence-corrected chi connectivity index (χ2v) is 20.8. The maximum absolute atomic E-state index is 2.50. The molecular weight excluding hydrogens is 817 g/mol. The molecule has 10 aromatic carbocycles. The molecule has 4 aliphatic rings. The van der Waals surface area contributed by atoms with Crippen molar-refractivity contribution < 1.29 is 0 Å². The molecule has 14 rings (SSSR count). The summed E-state index contributed by atoms with van der Waals surface area (Å²) in [4.78, 5) is 0. The summed E-state index contributed by atoms with van der Waals surface area (Å²) >= 11 is 0. The van der Waals surface area contributed by atoms with Crippen molar-refractivity contribution in [3.05, 3.63) is 252 Å². The molecule has 0 radical (unpaired) electrons. The third-order valence-electron chi connectivity index (χ3n) is 16.3. The van der Waals surface area contributed by atoms with E-state index in [9.17, 15) is 0 Å². The van der Waals surface area contributed by atoms with E-state index < -0.39 is 0 Å². The number of allylic oxidation sites excluding steroid dienone is 8. The molecule has 4 aliphatic carbocycles. The predicted molar refractivity (Wildman–Crippen MR) is 290 cm³/mol. The molecule has 0 bridgehead atoms. The van der Waals surface area contributed by atoms with Crippen LogP contribution < -0.4 is 0 Å².